The second-order valence-corrected chi connectivity index (χ2v) is 5.23. The normalized spacial score (nSPS) is 12.3. The summed E-state index contributed by atoms with van der Waals surface area (Å²) in [6.45, 7) is 0.527. The highest BCUT2D eigenvalue weighted by atomic mass is 16.7. The number of benzene rings is 2. The Labute approximate surface area is 138 Å². The van der Waals surface area contributed by atoms with Crippen LogP contribution in [0.5, 0.6) is 11.5 Å². The summed E-state index contributed by atoms with van der Waals surface area (Å²) in [6, 6.07) is 12.3. The Morgan fingerprint density at radius 2 is 1.96 bits per heavy atom. The molecule has 122 valence electrons. The number of fused-ring (bicyclic) bond motifs is 1. The Morgan fingerprint density at radius 1 is 1.12 bits per heavy atom. The number of hydrogen-bond donors (Lipinski definition) is 2. The second kappa shape index (κ2) is 6.87. The van der Waals surface area contributed by atoms with Crippen LogP contribution in [0.25, 0.3) is 6.08 Å². The molecule has 0 bridgehead atoms. The molecule has 6 nitrogen and oxygen atoms in total. The van der Waals surface area contributed by atoms with Crippen LogP contribution in [0.15, 0.2) is 48.5 Å². The molecule has 0 atom stereocenters. The van der Waals surface area contributed by atoms with Gasteiger partial charge in [-0.25, -0.2) is 0 Å². The number of nitrogens with one attached hydrogen (secondary N) is 1. The van der Waals surface area contributed by atoms with Gasteiger partial charge in [-0.15, -0.1) is 0 Å². The van der Waals surface area contributed by atoms with E-state index in [1.807, 2.05) is 18.2 Å². The molecular weight excluding hydrogens is 308 g/mol. The highest BCUT2D eigenvalue weighted by Crippen LogP contribution is 2.32. The molecule has 0 fully saturated rings. The van der Waals surface area contributed by atoms with Crippen LogP contribution in [-0.4, -0.2) is 18.6 Å². The minimum absolute atomic E-state index is 0.216. The fourth-order valence-electron chi connectivity index (χ4n) is 2.27. The average molecular weight is 324 g/mol. The molecule has 1 heterocycles. The van der Waals surface area contributed by atoms with Crippen molar-refractivity contribution in [2.24, 2.45) is 5.73 Å². The predicted octanol–water partition coefficient (Wildman–Crippen LogP) is 1.84. The van der Waals surface area contributed by atoms with Crippen molar-refractivity contribution < 1.29 is 19.1 Å². The first-order valence-corrected chi connectivity index (χ1v) is 7.36. The van der Waals surface area contributed by atoms with Crippen LogP contribution >= 0.6 is 0 Å². The lowest BCUT2D eigenvalue weighted by Gasteiger charge is -2.04. The molecule has 2 aromatic rings. The van der Waals surface area contributed by atoms with Crippen LogP contribution in [0, 0.1) is 0 Å². The van der Waals surface area contributed by atoms with Gasteiger partial charge in [-0.3, -0.25) is 9.59 Å². The summed E-state index contributed by atoms with van der Waals surface area (Å²) in [5.74, 6) is 0.634. The number of nitrogens with two attached hydrogens (primary N) is 1. The van der Waals surface area contributed by atoms with Crippen molar-refractivity contribution >= 4 is 17.9 Å². The summed E-state index contributed by atoms with van der Waals surface area (Å²) < 4.78 is 10.5. The molecule has 0 saturated heterocycles. The lowest BCUT2D eigenvalue weighted by molar-refractivity contribution is -0.116. The smallest absolute Gasteiger partial charge is 0.248 e. The highest BCUT2D eigenvalue weighted by molar-refractivity contribution is 5.93. The van der Waals surface area contributed by atoms with Gasteiger partial charge in [0, 0.05) is 18.2 Å². The maximum Gasteiger partial charge on any atom is 0.248 e. The van der Waals surface area contributed by atoms with E-state index in [2.05, 4.69) is 5.32 Å². The third-order valence-electron chi connectivity index (χ3n) is 3.50. The molecule has 3 rings (SSSR count). The molecule has 24 heavy (non-hydrogen) atoms. The summed E-state index contributed by atoms with van der Waals surface area (Å²) >= 11 is 0. The average Bonchev–Trinajstić information content (AvgIpc) is 3.06. The third-order valence-corrected chi connectivity index (χ3v) is 3.50. The molecule has 0 radical (unpaired) electrons. The van der Waals surface area contributed by atoms with Gasteiger partial charge in [-0.1, -0.05) is 18.2 Å². The number of carbonyl (C=O) groups is 2. The zero-order valence-corrected chi connectivity index (χ0v) is 12.8. The minimum atomic E-state index is -0.495. The quantitative estimate of drug-likeness (QED) is 0.821. The van der Waals surface area contributed by atoms with Gasteiger partial charge in [-0.2, -0.15) is 0 Å². The van der Waals surface area contributed by atoms with Crippen molar-refractivity contribution in [3.8, 4) is 11.5 Å². The van der Waals surface area contributed by atoms with Crippen LogP contribution < -0.4 is 20.5 Å². The Kier molecular flexibility index (Phi) is 4.47. The molecule has 6 heteroatoms. The second-order valence-electron chi connectivity index (χ2n) is 5.23. The van der Waals surface area contributed by atoms with Crippen molar-refractivity contribution in [1.29, 1.82) is 0 Å². The van der Waals surface area contributed by atoms with E-state index in [4.69, 9.17) is 15.2 Å². The SMILES string of the molecule is NC(=O)c1cccc(CNC(=O)/C=C/c2ccc3c(c2)OCO3)c1. The largest absolute Gasteiger partial charge is 0.454 e. The summed E-state index contributed by atoms with van der Waals surface area (Å²) in [7, 11) is 0. The topological polar surface area (TPSA) is 90.7 Å². The van der Waals surface area contributed by atoms with E-state index >= 15 is 0 Å². The lowest BCUT2D eigenvalue weighted by atomic mass is 10.1. The van der Waals surface area contributed by atoms with Crippen LogP contribution in [0.2, 0.25) is 0 Å². The van der Waals surface area contributed by atoms with Crippen LogP contribution in [0.4, 0.5) is 0 Å². The molecule has 0 saturated carbocycles. The van der Waals surface area contributed by atoms with E-state index in [9.17, 15) is 9.59 Å². The molecule has 1 aliphatic heterocycles. The third kappa shape index (κ3) is 3.73. The van der Waals surface area contributed by atoms with Gasteiger partial charge in [-0.05, 0) is 41.5 Å². The predicted molar refractivity (Wildman–Crippen MR) is 88.4 cm³/mol. The van der Waals surface area contributed by atoms with Gasteiger partial charge in [0.2, 0.25) is 18.6 Å². The van der Waals surface area contributed by atoms with Crippen molar-refractivity contribution in [2.75, 3.05) is 6.79 Å². The molecule has 0 aromatic heterocycles. The fourth-order valence-corrected chi connectivity index (χ4v) is 2.27. The van der Waals surface area contributed by atoms with Gasteiger partial charge < -0.3 is 20.5 Å². The minimum Gasteiger partial charge on any atom is -0.454 e. The Hall–Kier alpha value is -3.28. The summed E-state index contributed by atoms with van der Waals surface area (Å²) in [5.41, 5.74) is 7.29. The van der Waals surface area contributed by atoms with Gasteiger partial charge >= 0.3 is 0 Å². The Balaban J connectivity index is 1.57. The van der Waals surface area contributed by atoms with E-state index < -0.39 is 5.91 Å². The van der Waals surface area contributed by atoms with Crippen molar-refractivity contribution in [2.45, 2.75) is 6.54 Å². The van der Waals surface area contributed by atoms with E-state index in [1.165, 1.54) is 6.08 Å². The molecule has 2 aromatic carbocycles. The van der Waals surface area contributed by atoms with Crippen LogP contribution in [0.3, 0.4) is 0 Å². The van der Waals surface area contributed by atoms with Crippen LogP contribution in [0.1, 0.15) is 21.5 Å². The summed E-state index contributed by atoms with van der Waals surface area (Å²) in [4.78, 5) is 23.0. The van der Waals surface area contributed by atoms with E-state index in [-0.39, 0.29) is 12.7 Å². The lowest BCUT2D eigenvalue weighted by Crippen LogP contribution is -2.20. The number of amides is 2. The van der Waals surface area contributed by atoms with E-state index in [1.54, 1.807) is 30.3 Å². The molecular formula is C18H16N2O4. The standard InChI is InChI=1S/C18H16N2O4/c19-18(22)14-3-1-2-13(8-14)10-20-17(21)7-5-12-4-6-15-16(9-12)24-11-23-15/h1-9H,10-11H2,(H2,19,22)(H,20,21)/b7-5+. The van der Waals surface area contributed by atoms with Gasteiger partial charge in [0.25, 0.3) is 0 Å². The Morgan fingerprint density at radius 3 is 2.79 bits per heavy atom. The first kappa shape index (κ1) is 15.6. The highest BCUT2D eigenvalue weighted by Gasteiger charge is 2.12. The molecule has 3 N–H and O–H groups in total. The molecule has 1 aliphatic rings. The first-order chi connectivity index (χ1) is 11.6. The number of rotatable bonds is 5. The van der Waals surface area contributed by atoms with Gasteiger partial charge in [0.15, 0.2) is 11.5 Å². The fraction of sp³-hybridized carbons (Fsp3) is 0.111. The number of hydrogen-bond acceptors (Lipinski definition) is 4. The number of ether oxygens (including phenoxy) is 2. The molecule has 0 aliphatic carbocycles. The number of primary amides is 1. The number of carbonyl (C=O) groups excluding carboxylic acids is 2. The van der Waals surface area contributed by atoms with E-state index in [0.717, 1.165) is 11.1 Å². The molecule has 2 amide bonds. The molecule has 0 unspecified atom stereocenters. The van der Waals surface area contributed by atoms with Crippen molar-refractivity contribution in [1.82, 2.24) is 5.32 Å². The maximum absolute atomic E-state index is 11.9. The van der Waals surface area contributed by atoms with Crippen LogP contribution in [-0.2, 0) is 11.3 Å². The summed E-state index contributed by atoms with van der Waals surface area (Å²) in [6.07, 6.45) is 3.13. The van der Waals surface area contributed by atoms with E-state index in [0.29, 0.717) is 23.6 Å². The zero-order valence-electron chi connectivity index (χ0n) is 12.8. The zero-order chi connectivity index (χ0) is 16.9. The van der Waals surface area contributed by atoms with Gasteiger partial charge in [0.1, 0.15) is 0 Å². The maximum atomic E-state index is 11.9. The van der Waals surface area contributed by atoms with Gasteiger partial charge in [0.05, 0.1) is 0 Å². The first-order valence-electron chi connectivity index (χ1n) is 7.36. The molecule has 0 spiro atoms. The van der Waals surface area contributed by atoms with Crippen molar-refractivity contribution in [3.05, 3.63) is 65.2 Å². The summed E-state index contributed by atoms with van der Waals surface area (Å²) in [5, 5.41) is 2.75. The monoisotopic (exact) mass is 324 g/mol. The van der Waals surface area contributed by atoms with Crippen molar-refractivity contribution in [3.63, 3.8) is 0 Å². The Bertz CT molecular complexity index is 814.